The fourth-order valence-corrected chi connectivity index (χ4v) is 3.82. The summed E-state index contributed by atoms with van der Waals surface area (Å²) in [4.78, 5) is 3.60. The van der Waals surface area contributed by atoms with Crippen molar-refractivity contribution in [3.8, 4) is 5.75 Å². The predicted molar refractivity (Wildman–Crippen MR) is 92.5 cm³/mol. The van der Waals surface area contributed by atoms with Gasteiger partial charge in [-0.15, -0.1) is 0 Å². The normalized spacial score (nSPS) is 17.5. The molecular weight excluding hydrogens is 340 g/mol. The molecular formula is C18H17BrN2O. The van der Waals surface area contributed by atoms with Gasteiger partial charge in [0.1, 0.15) is 5.75 Å². The molecule has 1 aliphatic heterocycles. The summed E-state index contributed by atoms with van der Waals surface area (Å²) in [5.74, 6) is 0.908. The van der Waals surface area contributed by atoms with Gasteiger partial charge in [-0.3, -0.25) is 0 Å². The van der Waals surface area contributed by atoms with Crippen molar-refractivity contribution < 1.29 is 4.74 Å². The first-order valence-electron chi connectivity index (χ1n) is 7.44. The zero-order chi connectivity index (χ0) is 15.1. The minimum absolute atomic E-state index is 0.192. The summed E-state index contributed by atoms with van der Waals surface area (Å²) >= 11 is 3.68. The Labute approximate surface area is 137 Å². The maximum absolute atomic E-state index is 5.38. The molecule has 0 saturated heterocycles. The lowest BCUT2D eigenvalue weighted by atomic mass is 9.94. The van der Waals surface area contributed by atoms with E-state index >= 15 is 0 Å². The number of benzene rings is 2. The quantitative estimate of drug-likeness (QED) is 0.722. The summed E-state index contributed by atoms with van der Waals surface area (Å²) in [7, 11) is 1.71. The molecule has 0 radical (unpaired) electrons. The average Bonchev–Trinajstić information content (AvgIpc) is 2.93. The first kappa shape index (κ1) is 13.9. The van der Waals surface area contributed by atoms with Gasteiger partial charge in [0.2, 0.25) is 0 Å². The molecule has 4 rings (SSSR count). The highest BCUT2D eigenvalue weighted by atomic mass is 79.9. The number of aromatic nitrogens is 1. The second kappa shape index (κ2) is 5.45. The van der Waals surface area contributed by atoms with E-state index in [1.807, 2.05) is 12.1 Å². The van der Waals surface area contributed by atoms with Gasteiger partial charge in [-0.1, -0.05) is 34.1 Å². The fourth-order valence-electron chi connectivity index (χ4n) is 3.31. The van der Waals surface area contributed by atoms with Crippen LogP contribution >= 0.6 is 15.9 Å². The van der Waals surface area contributed by atoms with Crippen molar-refractivity contribution in [1.82, 2.24) is 10.3 Å². The summed E-state index contributed by atoms with van der Waals surface area (Å²) in [6, 6.07) is 14.8. The molecule has 2 aromatic carbocycles. The third kappa shape index (κ3) is 2.14. The second-order valence-electron chi connectivity index (χ2n) is 5.59. The molecule has 0 fully saturated rings. The molecule has 2 heterocycles. The van der Waals surface area contributed by atoms with E-state index in [2.05, 4.69) is 56.6 Å². The zero-order valence-electron chi connectivity index (χ0n) is 12.3. The molecule has 2 N–H and O–H groups in total. The summed E-state index contributed by atoms with van der Waals surface area (Å²) in [6.07, 6.45) is 1.03. The van der Waals surface area contributed by atoms with Gasteiger partial charge in [0.15, 0.2) is 0 Å². The van der Waals surface area contributed by atoms with Gasteiger partial charge in [-0.2, -0.15) is 0 Å². The first-order valence-corrected chi connectivity index (χ1v) is 8.23. The minimum Gasteiger partial charge on any atom is -0.497 e. The van der Waals surface area contributed by atoms with Crippen molar-refractivity contribution in [3.63, 3.8) is 0 Å². The van der Waals surface area contributed by atoms with Gasteiger partial charge < -0.3 is 15.0 Å². The second-order valence-corrected chi connectivity index (χ2v) is 6.44. The van der Waals surface area contributed by atoms with Crippen molar-refractivity contribution in [2.24, 2.45) is 0 Å². The molecule has 4 heteroatoms. The van der Waals surface area contributed by atoms with Gasteiger partial charge in [0.05, 0.1) is 13.2 Å². The third-order valence-corrected chi connectivity index (χ3v) is 5.10. The number of nitrogens with one attached hydrogen (secondary N) is 2. The van der Waals surface area contributed by atoms with E-state index in [-0.39, 0.29) is 6.04 Å². The molecule has 0 aliphatic carbocycles. The monoisotopic (exact) mass is 356 g/mol. The van der Waals surface area contributed by atoms with Crippen molar-refractivity contribution in [3.05, 3.63) is 63.8 Å². The number of aromatic amines is 1. The number of ether oxygens (including phenoxy) is 1. The Bertz CT molecular complexity index is 840. The van der Waals surface area contributed by atoms with Gasteiger partial charge in [-0.05, 0) is 41.8 Å². The van der Waals surface area contributed by atoms with E-state index in [1.165, 1.54) is 27.7 Å². The molecule has 0 spiro atoms. The van der Waals surface area contributed by atoms with Crippen LogP contribution in [-0.2, 0) is 6.42 Å². The van der Waals surface area contributed by atoms with Gasteiger partial charge in [0.25, 0.3) is 0 Å². The average molecular weight is 357 g/mol. The number of hydrogen-bond donors (Lipinski definition) is 2. The number of halogens is 1. The number of H-pyrrole nitrogens is 1. The van der Waals surface area contributed by atoms with Crippen molar-refractivity contribution >= 4 is 26.8 Å². The maximum atomic E-state index is 5.38. The van der Waals surface area contributed by atoms with E-state index in [1.54, 1.807) is 7.11 Å². The molecule has 3 nitrogen and oxygen atoms in total. The van der Waals surface area contributed by atoms with Crippen LogP contribution in [-0.4, -0.2) is 18.6 Å². The minimum atomic E-state index is 0.192. The number of fused-ring (bicyclic) bond motifs is 3. The van der Waals surface area contributed by atoms with Crippen LogP contribution in [0.2, 0.25) is 0 Å². The lowest BCUT2D eigenvalue weighted by molar-refractivity contribution is 0.415. The first-order chi connectivity index (χ1) is 10.8. The van der Waals surface area contributed by atoms with Crippen LogP contribution in [0.3, 0.4) is 0 Å². The van der Waals surface area contributed by atoms with Crippen molar-refractivity contribution in [2.45, 2.75) is 12.5 Å². The van der Waals surface area contributed by atoms with Crippen molar-refractivity contribution in [2.75, 3.05) is 13.7 Å². The summed E-state index contributed by atoms with van der Waals surface area (Å²) < 4.78 is 6.51. The van der Waals surface area contributed by atoms with Crippen LogP contribution in [0.5, 0.6) is 5.75 Å². The Balaban J connectivity index is 1.90. The topological polar surface area (TPSA) is 37.0 Å². The number of methoxy groups -OCH3 is 1. The van der Waals surface area contributed by atoms with Crippen LogP contribution in [0.1, 0.15) is 22.9 Å². The van der Waals surface area contributed by atoms with Crippen LogP contribution in [0.25, 0.3) is 10.9 Å². The molecule has 22 heavy (non-hydrogen) atoms. The van der Waals surface area contributed by atoms with E-state index < -0.39 is 0 Å². The summed E-state index contributed by atoms with van der Waals surface area (Å²) in [5, 5.41) is 4.90. The van der Waals surface area contributed by atoms with E-state index in [9.17, 15) is 0 Å². The molecule has 0 saturated carbocycles. The number of rotatable bonds is 2. The van der Waals surface area contributed by atoms with E-state index in [0.29, 0.717) is 0 Å². The Morgan fingerprint density at radius 3 is 2.86 bits per heavy atom. The van der Waals surface area contributed by atoms with Crippen molar-refractivity contribution in [1.29, 1.82) is 0 Å². The molecule has 0 unspecified atom stereocenters. The van der Waals surface area contributed by atoms with Crippen LogP contribution in [0, 0.1) is 0 Å². The highest BCUT2D eigenvalue weighted by molar-refractivity contribution is 9.10. The van der Waals surface area contributed by atoms with Gasteiger partial charge in [0, 0.05) is 27.6 Å². The van der Waals surface area contributed by atoms with Gasteiger partial charge >= 0.3 is 0 Å². The Kier molecular flexibility index (Phi) is 3.43. The van der Waals surface area contributed by atoms with E-state index in [4.69, 9.17) is 4.74 Å². The van der Waals surface area contributed by atoms with Gasteiger partial charge in [-0.25, -0.2) is 0 Å². The molecule has 1 aromatic heterocycles. The zero-order valence-corrected chi connectivity index (χ0v) is 13.9. The smallest absolute Gasteiger partial charge is 0.119 e. The Morgan fingerprint density at radius 1 is 1.18 bits per heavy atom. The summed E-state index contributed by atoms with van der Waals surface area (Å²) in [6.45, 7) is 0.975. The molecule has 0 amide bonds. The SMILES string of the molecule is COc1ccc2[nH]c3c(c2c1)CCN[C@@H]3c1ccccc1Br. The Morgan fingerprint density at radius 2 is 2.05 bits per heavy atom. The van der Waals surface area contributed by atoms with Crippen LogP contribution < -0.4 is 10.1 Å². The molecule has 0 bridgehead atoms. The lowest BCUT2D eigenvalue weighted by Gasteiger charge is -2.25. The van der Waals surface area contributed by atoms with Crippen LogP contribution in [0.4, 0.5) is 0 Å². The third-order valence-electron chi connectivity index (χ3n) is 4.37. The molecule has 1 atom stereocenters. The summed E-state index contributed by atoms with van der Waals surface area (Å²) in [5.41, 5.74) is 5.10. The molecule has 112 valence electrons. The highest BCUT2D eigenvalue weighted by Crippen LogP contribution is 2.36. The fraction of sp³-hybridized carbons (Fsp3) is 0.222. The Hall–Kier alpha value is -1.78. The predicted octanol–water partition coefficient (Wildman–Crippen LogP) is 4.17. The van der Waals surface area contributed by atoms with Crippen LogP contribution in [0.15, 0.2) is 46.9 Å². The molecule has 3 aromatic rings. The lowest BCUT2D eigenvalue weighted by Crippen LogP contribution is -2.30. The maximum Gasteiger partial charge on any atom is 0.119 e. The molecule has 1 aliphatic rings. The number of hydrogen-bond acceptors (Lipinski definition) is 2. The van der Waals surface area contributed by atoms with E-state index in [0.717, 1.165) is 23.2 Å². The standard InChI is InChI=1S/C18H17BrN2O/c1-22-11-6-7-16-14(10-11)12-8-9-20-17(18(12)21-16)13-4-2-3-5-15(13)19/h2-7,10,17,20-21H,8-9H2,1H3/t17-/m1/s1. The largest absolute Gasteiger partial charge is 0.497 e. The highest BCUT2D eigenvalue weighted by Gasteiger charge is 2.26.